The van der Waals surface area contributed by atoms with Gasteiger partial charge in [0.15, 0.2) is 6.61 Å². The smallest absolute Gasteiger partial charge is 0.338 e. The average Bonchev–Trinajstić information content (AvgIpc) is 2.76. The van der Waals surface area contributed by atoms with Crippen LogP contribution in [0.3, 0.4) is 0 Å². The fourth-order valence-electron chi connectivity index (χ4n) is 2.83. The summed E-state index contributed by atoms with van der Waals surface area (Å²) in [5.74, 6) is -0.697. The zero-order valence-corrected chi connectivity index (χ0v) is 21.0. The highest BCUT2D eigenvalue weighted by Gasteiger charge is 2.18. The predicted molar refractivity (Wildman–Crippen MR) is 128 cm³/mol. The Hall–Kier alpha value is -2.71. The van der Waals surface area contributed by atoms with Crippen molar-refractivity contribution < 1.29 is 22.7 Å². The van der Waals surface area contributed by atoms with E-state index < -0.39 is 16.0 Å². The van der Waals surface area contributed by atoms with Crippen LogP contribution in [0.25, 0.3) is 0 Å². The Morgan fingerprint density at radius 1 is 0.939 bits per heavy atom. The van der Waals surface area contributed by atoms with Gasteiger partial charge in [-0.1, -0.05) is 58.9 Å². The molecule has 7 nitrogen and oxygen atoms in total. The summed E-state index contributed by atoms with van der Waals surface area (Å²) in [5.41, 5.74) is 1.96. The molecule has 1 amide bonds. The summed E-state index contributed by atoms with van der Waals surface area (Å²) < 4.78 is 32.8. The zero-order chi connectivity index (χ0) is 24.8. The van der Waals surface area contributed by atoms with E-state index in [1.165, 1.54) is 0 Å². The van der Waals surface area contributed by atoms with E-state index in [4.69, 9.17) is 4.74 Å². The van der Waals surface area contributed by atoms with E-state index in [2.05, 4.69) is 30.8 Å². The Morgan fingerprint density at radius 3 is 2.03 bits per heavy atom. The maximum Gasteiger partial charge on any atom is 0.338 e. The lowest BCUT2D eigenvalue weighted by Gasteiger charge is -2.19. The van der Waals surface area contributed by atoms with Crippen LogP contribution in [0.2, 0.25) is 0 Å². The molecular formula is C25H34N2O5S. The van der Waals surface area contributed by atoms with Crippen molar-refractivity contribution in [3.05, 3.63) is 65.2 Å². The lowest BCUT2D eigenvalue weighted by Crippen LogP contribution is -2.38. The minimum Gasteiger partial charge on any atom is -0.452 e. The number of sulfonamides is 1. The summed E-state index contributed by atoms with van der Waals surface area (Å²) in [7, 11) is -3.67. The van der Waals surface area contributed by atoms with Crippen molar-refractivity contribution in [2.75, 3.05) is 6.61 Å². The summed E-state index contributed by atoms with van der Waals surface area (Å²) in [5, 5.41) is 2.77. The summed E-state index contributed by atoms with van der Waals surface area (Å²) in [4.78, 5) is 24.2. The predicted octanol–water partition coefficient (Wildman–Crippen LogP) is 3.78. The molecule has 0 bridgehead atoms. The van der Waals surface area contributed by atoms with Gasteiger partial charge in [0.05, 0.1) is 10.5 Å². The van der Waals surface area contributed by atoms with Gasteiger partial charge in [-0.25, -0.2) is 17.9 Å². The molecule has 8 heteroatoms. The minimum atomic E-state index is -3.67. The second-order valence-corrected chi connectivity index (χ2v) is 11.2. The molecule has 2 aromatic rings. The van der Waals surface area contributed by atoms with Crippen LogP contribution in [-0.4, -0.2) is 32.9 Å². The van der Waals surface area contributed by atoms with Crippen LogP contribution < -0.4 is 10.0 Å². The van der Waals surface area contributed by atoms with E-state index in [1.807, 2.05) is 32.9 Å². The number of carbonyl (C=O) groups is 2. The highest BCUT2D eigenvalue weighted by molar-refractivity contribution is 7.89. The molecule has 0 aliphatic carbocycles. The zero-order valence-electron chi connectivity index (χ0n) is 20.1. The minimum absolute atomic E-state index is 0.0179. The second-order valence-electron chi connectivity index (χ2n) is 9.47. The standard InChI is InChI=1S/C25H34N2O5S/c1-17(2)18(3)27-23(28)16-32-24(29)20-9-7-19(8-10-20)15-26-33(30,31)22-13-11-21(12-14-22)25(4,5)6/h7-14,17-18,26H,15-16H2,1-6H3,(H,27,28). The van der Waals surface area contributed by atoms with E-state index in [-0.39, 0.29) is 46.9 Å². The van der Waals surface area contributed by atoms with Crippen LogP contribution >= 0.6 is 0 Å². The summed E-state index contributed by atoms with van der Waals surface area (Å²) >= 11 is 0. The van der Waals surface area contributed by atoms with E-state index >= 15 is 0 Å². The maximum absolute atomic E-state index is 12.6. The number of benzene rings is 2. The van der Waals surface area contributed by atoms with Gasteiger partial charge in [0.1, 0.15) is 0 Å². The Morgan fingerprint density at radius 2 is 1.52 bits per heavy atom. The van der Waals surface area contributed by atoms with Crippen molar-refractivity contribution >= 4 is 21.9 Å². The molecule has 2 rings (SSSR count). The second kappa shape index (κ2) is 10.9. The molecule has 2 aromatic carbocycles. The highest BCUT2D eigenvalue weighted by atomic mass is 32.2. The molecule has 1 unspecified atom stereocenters. The lowest BCUT2D eigenvalue weighted by molar-refractivity contribution is -0.125. The Labute approximate surface area is 197 Å². The molecule has 1 atom stereocenters. The molecule has 33 heavy (non-hydrogen) atoms. The van der Waals surface area contributed by atoms with Gasteiger partial charge in [0, 0.05) is 12.6 Å². The van der Waals surface area contributed by atoms with Gasteiger partial charge in [-0.2, -0.15) is 0 Å². The van der Waals surface area contributed by atoms with Gasteiger partial charge in [-0.3, -0.25) is 4.79 Å². The maximum atomic E-state index is 12.6. The lowest BCUT2D eigenvalue weighted by atomic mass is 9.87. The first-order valence-electron chi connectivity index (χ1n) is 11.0. The van der Waals surface area contributed by atoms with Crippen molar-refractivity contribution in [3.63, 3.8) is 0 Å². The molecule has 0 saturated carbocycles. The van der Waals surface area contributed by atoms with Gasteiger partial charge >= 0.3 is 5.97 Å². The summed E-state index contributed by atoms with van der Waals surface area (Å²) in [6.45, 7) is 11.8. The third kappa shape index (κ3) is 7.98. The van der Waals surface area contributed by atoms with Crippen LogP contribution in [0.15, 0.2) is 53.4 Å². The number of ether oxygens (including phenoxy) is 1. The molecule has 0 saturated heterocycles. The van der Waals surface area contributed by atoms with Gasteiger partial charge < -0.3 is 10.1 Å². The molecule has 0 aliphatic heterocycles. The monoisotopic (exact) mass is 474 g/mol. The third-order valence-electron chi connectivity index (χ3n) is 5.41. The Bertz CT molecular complexity index is 1050. The third-order valence-corrected chi connectivity index (χ3v) is 6.83. The van der Waals surface area contributed by atoms with E-state index in [0.717, 1.165) is 5.56 Å². The Balaban J connectivity index is 1.91. The van der Waals surface area contributed by atoms with Crippen LogP contribution in [0, 0.1) is 5.92 Å². The SMILES string of the molecule is CC(C)C(C)NC(=O)COC(=O)c1ccc(CNS(=O)(=O)c2ccc(C(C)(C)C)cc2)cc1. The largest absolute Gasteiger partial charge is 0.452 e. The summed E-state index contributed by atoms with van der Waals surface area (Å²) in [6.07, 6.45) is 0. The summed E-state index contributed by atoms with van der Waals surface area (Å²) in [6, 6.07) is 13.2. The van der Waals surface area contributed by atoms with E-state index in [9.17, 15) is 18.0 Å². The first-order valence-corrected chi connectivity index (χ1v) is 12.4. The first kappa shape index (κ1) is 26.5. The average molecular weight is 475 g/mol. The molecule has 0 radical (unpaired) electrons. The van der Waals surface area contributed by atoms with E-state index in [1.54, 1.807) is 36.4 Å². The van der Waals surface area contributed by atoms with Crippen molar-refractivity contribution in [2.24, 2.45) is 5.92 Å². The van der Waals surface area contributed by atoms with Gasteiger partial charge in [0.25, 0.3) is 5.91 Å². The number of nitrogens with one attached hydrogen (secondary N) is 2. The number of esters is 1. The molecule has 0 aromatic heterocycles. The number of carbonyl (C=O) groups excluding carboxylic acids is 2. The van der Waals surface area contributed by atoms with Crippen molar-refractivity contribution in [1.82, 2.24) is 10.0 Å². The number of hydrogen-bond donors (Lipinski definition) is 2. The molecule has 2 N–H and O–H groups in total. The number of hydrogen-bond acceptors (Lipinski definition) is 5. The Kier molecular flexibility index (Phi) is 8.80. The van der Waals surface area contributed by atoms with Crippen LogP contribution in [0.1, 0.15) is 63.0 Å². The fraction of sp³-hybridized carbons (Fsp3) is 0.440. The molecular weight excluding hydrogens is 440 g/mol. The van der Waals surface area contributed by atoms with Gasteiger partial charge in [-0.05, 0) is 53.6 Å². The van der Waals surface area contributed by atoms with Crippen LogP contribution in [0.5, 0.6) is 0 Å². The highest BCUT2D eigenvalue weighted by Crippen LogP contribution is 2.23. The number of rotatable bonds is 9. The normalized spacial score (nSPS) is 12.9. The first-order chi connectivity index (χ1) is 15.3. The van der Waals surface area contributed by atoms with Crippen molar-refractivity contribution in [2.45, 2.75) is 64.4 Å². The molecule has 0 heterocycles. The molecule has 180 valence electrons. The van der Waals surface area contributed by atoms with Gasteiger partial charge in [-0.15, -0.1) is 0 Å². The quantitative estimate of drug-likeness (QED) is 0.539. The topological polar surface area (TPSA) is 102 Å². The fourth-order valence-corrected chi connectivity index (χ4v) is 3.85. The van der Waals surface area contributed by atoms with Crippen LogP contribution in [0.4, 0.5) is 0 Å². The molecule has 0 fully saturated rings. The molecule has 0 spiro atoms. The van der Waals surface area contributed by atoms with E-state index in [0.29, 0.717) is 5.56 Å². The number of amides is 1. The van der Waals surface area contributed by atoms with Gasteiger partial charge in [0.2, 0.25) is 10.0 Å². The van der Waals surface area contributed by atoms with Crippen LogP contribution in [-0.2, 0) is 31.5 Å². The molecule has 0 aliphatic rings. The van der Waals surface area contributed by atoms with Crippen molar-refractivity contribution in [1.29, 1.82) is 0 Å². The van der Waals surface area contributed by atoms with Crippen molar-refractivity contribution in [3.8, 4) is 0 Å².